The number of amides is 4. The zero-order valence-electron chi connectivity index (χ0n) is 79.2. The number of halogens is 1. The van der Waals surface area contributed by atoms with Gasteiger partial charge in [-0.1, -0.05) is 50.6 Å². The van der Waals surface area contributed by atoms with Crippen molar-refractivity contribution in [1.29, 1.82) is 0 Å². The number of aromatic nitrogens is 13. The minimum atomic E-state index is -0.320. The molecule has 0 bridgehead atoms. The van der Waals surface area contributed by atoms with Crippen molar-refractivity contribution in [3.05, 3.63) is 288 Å². The first-order valence-electron chi connectivity index (χ1n) is 46.3. The Labute approximate surface area is 823 Å². The summed E-state index contributed by atoms with van der Waals surface area (Å²) in [6.07, 6.45) is 13.6. The third kappa shape index (κ3) is 25.5. The Morgan fingerprint density at radius 3 is 1.03 bits per heavy atom. The monoisotopic (exact) mass is 1930 g/mol. The smallest absolute Gasteiger partial charge is 0.247 e. The molecule has 0 unspecified atom stereocenters. The van der Waals surface area contributed by atoms with Gasteiger partial charge in [-0.05, 0) is 204 Å². The van der Waals surface area contributed by atoms with Gasteiger partial charge >= 0.3 is 0 Å². The molecule has 4 amide bonds. The van der Waals surface area contributed by atoms with E-state index in [1.165, 1.54) is 41.7 Å². The van der Waals surface area contributed by atoms with Gasteiger partial charge in [0.25, 0.3) is 0 Å². The van der Waals surface area contributed by atoms with Crippen LogP contribution < -0.4 is 81.1 Å². The molecule has 4 saturated heterocycles. The average molecular weight is 1930 g/mol. The van der Waals surface area contributed by atoms with Gasteiger partial charge in [-0.3, -0.25) is 19.2 Å². The number of anilines is 16. The molecule has 0 saturated carbocycles. The number of aliphatic hydroxyl groups excluding tert-OH is 1. The predicted molar refractivity (Wildman–Crippen MR) is 558 cm³/mol. The number of pyridine rings is 1. The SMILES string of the molecule is C=CC(=O)Nc1cccc(Oc2nc(Nc3ccc(N4CCN(C)CC4)c(F)c3)nc3[nH]ccc23)c1.C=CC(=O)Nc1cccc(Oc2nc(Nc3ccc(N4CCN(C)CC4)cc3)nc3[nH]ccc23)c1.C=CC(=O)Nc1cccc(Oc2nc(Nc3ccc(N4CCN(C)CC4)cc3)nc3c2ccn3CO)c1.C=CC(=O)Nc1cccc(Oc2nc(Nc3ccc(N4CCN(C)CC4)nc3)nc3[nH]ccc23)c1. The Kier molecular flexibility index (Phi) is 31.0. The summed E-state index contributed by atoms with van der Waals surface area (Å²) in [5, 5.41) is 36.3. The Morgan fingerprint density at radius 2 is 0.685 bits per heavy atom. The third-order valence-electron chi connectivity index (χ3n) is 23.7. The van der Waals surface area contributed by atoms with Crippen LogP contribution in [-0.2, 0) is 25.9 Å². The molecule has 38 nitrogen and oxygen atoms in total. The normalized spacial score (nSPS) is 14.0. The predicted octanol–water partition coefficient (Wildman–Crippen LogP) is 16.4. The van der Waals surface area contributed by atoms with Crippen LogP contribution in [0.15, 0.2) is 282 Å². The molecule has 143 heavy (non-hydrogen) atoms. The molecule has 7 aromatic carbocycles. The maximum Gasteiger partial charge on any atom is 0.247 e. The summed E-state index contributed by atoms with van der Waals surface area (Å²) in [4.78, 5) is 115. The fourth-order valence-corrected chi connectivity index (χ4v) is 15.9. The van der Waals surface area contributed by atoms with Gasteiger partial charge in [0, 0.05) is 205 Å². The molecule has 0 spiro atoms. The van der Waals surface area contributed by atoms with Gasteiger partial charge in [-0.2, -0.15) is 39.9 Å². The molecule has 4 fully saturated rings. The minimum Gasteiger partial charge on any atom is -0.438 e. The van der Waals surface area contributed by atoms with Crippen LogP contribution in [0.25, 0.3) is 44.1 Å². The number of hydrogen-bond donors (Lipinski definition) is 12. The van der Waals surface area contributed by atoms with Gasteiger partial charge in [0.2, 0.25) is 70.9 Å². The zero-order chi connectivity index (χ0) is 99.2. The highest BCUT2D eigenvalue weighted by atomic mass is 19.1. The van der Waals surface area contributed by atoms with E-state index in [1.54, 1.807) is 145 Å². The van der Waals surface area contributed by atoms with Crippen LogP contribution >= 0.6 is 0 Å². The molecule has 39 heteroatoms. The van der Waals surface area contributed by atoms with Crippen LogP contribution in [0.4, 0.5) is 96.6 Å². The standard InChI is InChI=1S/C27H29N7O3.C26H26FN7O2.C26H27N7O2.C25H26N8O2/c1-3-24(36)28-20-5-4-6-22(17-20)37-26-23-11-12-34(18-35)25(23)30-27(31-26)29-19-7-9-21(10-8-19)33-15-13-32(2)14-16-33;1-3-23(35)29-17-5-4-6-19(15-17)36-25-20-9-10-28-24(20)31-26(32-25)30-18-7-8-22(21(27)16-18)34-13-11-33(2)12-14-34;1-3-23(34)28-19-5-4-6-21(17-19)35-25-22-11-12-27-24(22)30-26(31-25)29-18-7-9-20(10-8-18)33-15-13-32(2)14-16-33;1-3-22(34)28-17-5-4-6-19(15-17)35-24-20-9-10-26-23(20)30-25(31-24)29-18-7-8-21(27-16-18)33-13-11-32(2)12-14-33/h3-12,17,35H,1,13-16,18H2,2H3,(H,28,36)(H,29,30,31);3-10,15-16H,1,11-14H2,2H3,(H,29,35)(H2,28,30,31,32);3-12,17H,1,13-16H2,2H3,(H,28,34)(H2,27,29,30,31);3-10,15-16H,1,11-14H2,2H3,(H,28,34)(H2,26,29,30,31). The highest BCUT2D eigenvalue weighted by Crippen LogP contribution is 2.38. The van der Waals surface area contributed by atoms with Crippen LogP contribution in [0.3, 0.4) is 0 Å². The van der Waals surface area contributed by atoms with Crippen LogP contribution in [-0.4, -0.2) is 246 Å². The second kappa shape index (κ2) is 45.7. The number of carbonyl (C=O) groups is 4. The van der Waals surface area contributed by atoms with E-state index in [2.05, 4.69) is 220 Å². The van der Waals surface area contributed by atoms with Gasteiger partial charge in [0.15, 0.2) is 5.65 Å². The molecule has 16 aromatic rings. The number of nitrogens with zero attached hydrogens (tertiary/aromatic N) is 18. The zero-order valence-corrected chi connectivity index (χ0v) is 79.2. The second-order valence-electron chi connectivity index (χ2n) is 33.9. The Balaban J connectivity index is 0.000000131. The number of fused-ring (bicyclic) bond motifs is 4. The van der Waals surface area contributed by atoms with Crippen LogP contribution in [0.1, 0.15) is 0 Å². The molecule has 4 aliphatic heterocycles. The molecule has 0 aliphatic carbocycles. The number of rotatable bonds is 29. The van der Waals surface area contributed by atoms with Crippen LogP contribution in [0.2, 0.25) is 0 Å². The summed E-state index contributed by atoms with van der Waals surface area (Å²) in [7, 11) is 8.50. The summed E-state index contributed by atoms with van der Waals surface area (Å²) >= 11 is 0. The molecule has 12 N–H and O–H groups in total. The van der Waals surface area contributed by atoms with Gasteiger partial charge < -0.3 is 125 Å². The quantitative estimate of drug-likeness (QED) is 0.0194. The third-order valence-corrected chi connectivity index (χ3v) is 23.7. The molecule has 9 aromatic heterocycles. The summed E-state index contributed by atoms with van der Waals surface area (Å²) in [5.41, 5.74) is 10.7. The van der Waals surface area contributed by atoms with Crippen LogP contribution in [0, 0.1) is 5.82 Å². The average Bonchev–Trinajstić information content (AvgIpc) is 1.71. The van der Waals surface area contributed by atoms with Gasteiger partial charge in [0.05, 0.1) is 39.1 Å². The van der Waals surface area contributed by atoms with Gasteiger partial charge in [-0.25, -0.2) is 9.37 Å². The number of H-pyrrole nitrogens is 3. The van der Waals surface area contributed by atoms with E-state index in [4.69, 9.17) is 18.9 Å². The van der Waals surface area contributed by atoms with E-state index in [0.29, 0.717) is 132 Å². The van der Waals surface area contributed by atoms with Crippen molar-refractivity contribution in [3.63, 3.8) is 0 Å². The summed E-state index contributed by atoms with van der Waals surface area (Å²) in [6, 6.07) is 60.9. The Morgan fingerprint density at radius 1 is 0.357 bits per heavy atom. The van der Waals surface area contributed by atoms with Gasteiger partial charge in [-0.15, -0.1) is 0 Å². The number of aliphatic hydroxyl groups is 1. The lowest BCUT2D eigenvalue weighted by molar-refractivity contribution is -0.112. The number of ether oxygens (including phenoxy) is 4. The molecular formula is C104H108FN29O9. The fourth-order valence-electron chi connectivity index (χ4n) is 15.9. The molecule has 4 aliphatic rings. The van der Waals surface area contributed by atoms with E-state index in [-0.39, 0.29) is 42.1 Å². The molecule has 730 valence electrons. The Bertz CT molecular complexity index is 7000. The largest absolute Gasteiger partial charge is 0.438 e. The van der Waals surface area contributed by atoms with E-state index in [9.17, 15) is 28.7 Å². The first-order chi connectivity index (χ1) is 69.6. The number of likely N-dealkylation sites (N-methyl/N-ethyl adjacent to an activating group) is 4. The lowest BCUT2D eigenvalue weighted by Crippen LogP contribution is -2.44. The van der Waals surface area contributed by atoms with E-state index in [1.807, 2.05) is 60.7 Å². The lowest BCUT2D eigenvalue weighted by atomic mass is 10.2. The molecular weight excluding hydrogens is 1820 g/mol. The van der Waals surface area contributed by atoms with Crippen molar-refractivity contribution in [2.45, 2.75) is 6.73 Å². The van der Waals surface area contributed by atoms with Crippen molar-refractivity contribution >= 4 is 160 Å². The van der Waals surface area contributed by atoms with Gasteiger partial charge in [0.1, 0.15) is 58.3 Å². The first kappa shape index (κ1) is 97.0. The maximum atomic E-state index is 15.0. The number of aromatic amines is 3. The first-order valence-corrected chi connectivity index (χ1v) is 46.3. The highest BCUT2D eigenvalue weighted by Gasteiger charge is 2.25. The van der Waals surface area contributed by atoms with Crippen LogP contribution in [0.5, 0.6) is 46.5 Å². The van der Waals surface area contributed by atoms with Crippen molar-refractivity contribution in [1.82, 2.24) is 84.0 Å². The summed E-state index contributed by atoms with van der Waals surface area (Å²) < 4.78 is 40.9. The number of piperazine rings is 4. The maximum absolute atomic E-state index is 15.0. The fraction of sp³-hybridized carbons (Fsp3) is 0.202. The lowest BCUT2D eigenvalue weighted by Gasteiger charge is -2.34. The highest BCUT2D eigenvalue weighted by molar-refractivity contribution is 6.01. The molecule has 13 heterocycles. The molecule has 0 atom stereocenters. The molecule has 0 radical (unpaired) electrons. The Hall–Kier alpha value is -17.7. The van der Waals surface area contributed by atoms with E-state index >= 15 is 0 Å². The minimum absolute atomic E-state index is 0.234. The second-order valence-corrected chi connectivity index (χ2v) is 33.9. The number of carbonyl (C=O) groups excluding carboxylic acids is 4. The summed E-state index contributed by atoms with van der Waals surface area (Å²) in [6.45, 7) is 29.3. The van der Waals surface area contributed by atoms with Crippen molar-refractivity contribution in [2.75, 3.05) is 195 Å². The number of hydrogen-bond acceptors (Lipinski definition) is 30. The van der Waals surface area contributed by atoms with E-state index < -0.39 is 0 Å². The topological polar surface area (TPSA) is 416 Å². The van der Waals surface area contributed by atoms with Crippen molar-refractivity contribution in [2.24, 2.45) is 0 Å². The van der Waals surface area contributed by atoms with Crippen molar-refractivity contribution in [3.8, 4) is 46.5 Å². The molecule has 20 rings (SSSR count). The number of nitrogens with one attached hydrogen (secondary N) is 11. The van der Waals surface area contributed by atoms with Crippen molar-refractivity contribution < 1.29 is 47.6 Å². The summed E-state index contributed by atoms with van der Waals surface area (Å²) in [5.74, 6) is 4.25. The van der Waals surface area contributed by atoms with E-state index in [0.717, 1.165) is 138 Å². The number of benzene rings is 7.